The van der Waals surface area contributed by atoms with E-state index < -0.39 is 11.9 Å². The molecule has 2 saturated carbocycles. The number of carboxylic acid groups (broad SMARTS) is 1. The quantitative estimate of drug-likeness (QED) is 0.836. The number of carboxylic acids is 1. The fourth-order valence-corrected chi connectivity index (χ4v) is 3.98. The van der Waals surface area contributed by atoms with Crippen LogP contribution in [0.3, 0.4) is 0 Å². The molecule has 0 heterocycles. The molecule has 4 atom stereocenters. The van der Waals surface area contributed by atoms with Crippen molar-refractivity contribution < 1.29 is 14.7 Å². The molecule has 2 aliphatic carbocycles. The van der Waals surface area contributed by atoms with Crippen LogP contribution in [0.25, 0.3) is 0 Å². The van der Waals surface area contributed by atoms with Gasteiger partial charge in [0.2, 0.25) is 5.91 Å². The van der Waals surface area contributed by atoms with Gasteiger partial charge in [-0.05, 0) is 43.4 Å². The highest BCUT2D eigenvalue weighted by molar-refractivity contribution is 5.85. The number of hydrogen-bond donors (Lipinski definition) is 2. The number of hydrogen-bond acceptors (Lipinski definition) is 2. The minimum atomic E-state index is -0.821. The van der Waals surface area contributed by atoms with E-state index in [4.69, 9.17) is 0 Å². The molecule has 2 rings (SSSR count). The van der Waals surface area contributed by atoms with Crippen molar-refractivity contribution in [2.24, 2.45) is 23.2 Å². The molecule has 2 N–H and O–H groups in total. The molecule has 0 aliphatic heterocycles. The predicted molar refractivity (Wildman–Crippen MR) is 77.2 cm³/mol. The minimum Gasteiger partial charge on any atom is -0.481 e. The smallest absolute Gasteiger partial charge is 0.307 e. The maximum absolute atomic E-state index is 12.4. The van der Waals surface area contributed by atoms with Crippen LogP contribution in [0.15, 0.2) is 0 Å². The van der Waals surface area contributed by atoms with E-state index in [0.717, 1.165) is 19.3 Å². The largest absolute Gasteiger partial charge is 0.481 e. The van der Waals surface area contributed by atoms with Gasteiger partial charge < -0.3 is 10.4 Å². The molecular formula is C16H27NO3. The summed E-state index contributed by atoms with van der Waals surface area (Å²) >= 11 is 0. The first kappa shape index (κ1) is 15.3. The summed E-state index contributed by atoms with van der Waals surface area (Å²) in [6.45, 7) is 6.51. The van der Waals surface area contributed by atoms with Crippen molar-refractivity contribution in [2.45, 2.75) is 65.3 Å². The van der Waals surface area contributed by atoms with E-state index in [2.05, 4.69) is 19.2 Å². The SMILES string of the molecule is CC1C[C@H](C(=O)NC2CCCC(C)(C)C2)[C@H](C(=O)O)C1. The Morgan fingerprint density at radius 1 is 1.20 bits per heavy atom. The van der Waals surface area contributed by atoms with Gasteiger partial charge in [0.15, 0.2) is 0 Å². The topological polar surface area (TPSA) is 66.4 Å². The lowest BCUT2D eigenvalue weighted by Gasteiger charge is -2.36. The Bertz CT molecular complexity index is 391. The Morgan fingerprint density at radius 2 is 1.85 bits per heavy atom. The molecule has 0 spiro atoms. The molecule has 0 aromatic rings. The van der Waals surface area contributed by atoms with Gasteiger partial charge in [0, 0.05) is 6.04 Å². The minimum absolute atomic E-state index is 0.0375. The average Bonchev–Trinajstić information content (AvgIpc) is 2.70. The maximum atomic E-state index is 12.4. The summed E-state index contributed by atoms with van der Waals surface area (Å²) in [7, 11) is 0. The molecule has 0 aromatic heterocycles. The Balaban J connectivity index is 1.95. The van der Waals surface area contributed by atoms with Crippen molar-refractivity contribution in [3.63, 3.8) is 0 Å². The Morgan fingerprint density at radius 3 is 2.45 bits per heavy atom. The zero-order chi connectivity index (χ0) is 14.9. The first-order valence-corrected chi connectivity index (χ1v) is 7.82. The Labute approximate surface area is 121 Å². The maximum Gasteiger partial charge on any atom is 0.307 e. The highest BCUT2D eigenvalue weighted by atomic mass is 16.4. The van der Waals surface area contributed by atoms with Crippen molar-refractivity contribution in [1.29, 1.82) is 0 Å². The van der Waals surface area contributed by atoms with Gasteiger partial charge in [0.1, 0.15) is 0 Å². The van der Waals surface area contributed by atoms with E-state index in [1.165, 1.54) is 6.42 Å². The van der Waals surface area contributed by atoms with Crippen molar-refractivity contribution in [3.8, 4) is 0 Å². The fourth-order valence-electron chi connectivity index (χ4n) is 3.98. The van der Waals surface area contributed by atoms with Crippen LogP contribution in [-0.4, -0.2) is 23.0 Å². The van der Waals surface area contributed by atoms with Crippen LogP contribution in [0.1, 0.15) is 59.3 Å². The number of rotatable bonds is 3. The lowest BCUT2D eigenvalue weighted by atomic mass is 9.75. The van der Waals surface area contributed by atoms with E-state index in [9.17, 15) is 14.7 Å². The van der Waals surface area contributed by atoms with Gasteiger partial charge in [-0.3, -0.25) is 9.59 Å². The average molecular weight is 281 g/mol. The standard InChI is InChI=1S/C16H27NO3/c1-10-7-12(13(8-10)15(19)20)14(18)17-11-5-4-6-16(2,3)9-11/h10-13H,4-9H2,1-3H3,(H,17,18)(H,19,20)/t10?,11?,12-,13+/m0/s1. The highest BCUT2D eigenvalue weighted by Gasteiger charge is 2.42. The first-order valence-electron chi connectivity index (χ1n) is 7.82. The molecule has 1 amide bonds. The zero-order valence-corrected chi connectivity index (χ0v) is 12.8. The van der Waals surface area contributed by atoms with E-state index in [1.807, 2.05) is 6.92 Å². The summed E-state index contributed by atoms with van der Waals surface area (Å²) in [6.07, 6.45) is 5.70. The normalized spacial score (nSPS) is 36.5. The Kier molecular flexibility index (Phi) is 4.40. The fraction of sp³-hybridized carbons (Fsp3) is 0.875. The number of nitrogens with one attached hydrogen (secondary N) is 1. The molecule has 0 bridgehead atoms. The van der Waals surface area contributed by atoms with Gasteiger partial charge in [-0.2, -0.15) is 0 Å². The van der Waals surface area contributed by atoms with Gasteiger partial charge >= 0.3 is 5.97 Å². The summed E-state index contributed by atoms with van der Waals surface area (Å²) in [5, 5.41) is 12.4. The van der Waals surface area contributed by atoms with E-state index in [0.29, 0.717) is 18.8 Å². The molecule has 0 saturated heterocycles. The van der Waals surface area contributed by atoms with Gasteiger partial charge in [0.25, 0.3) is 0 Å². The van der Waals surface area contributed by atoms with Gasteiger partial charge in [-0.25, -0.2) is 0 Å². The summed E-state index contributed by atoms with van der Waals surface area (Å²) in [5.74, 6) is -1.37. The third-order valence-corrected chi connectivity index (χ3v) is 5.00. The zero-order valence-electron chi connectivity index (χ0n) is 12.8. The summed E-state index contributed by atoms with van der Waals surface area (Å²) in [6, 6.07) is 0.219. The Hall–Kier alpha value is -1.06. The predicted octanol–water partition coefficient (Wildman–Crippen LogP) is 2.82. The lowest BCUT2D eigenvalue weighted by Crippen LogP contribution is -2.44. The van der Waals surface area contributed by atoms with Crippen LogP contribution in [0.2, 0.25) is 0 Å². The number of carbonyl (C=O) groups excluding carboxylic acids is 1. The molecule has 2 aliphatic rings. The molecule has 20 heavy (non-hydrogen) atoms. The monoisotopic (exact) mass is 281 g/mol. The van der Waals surface area contributed by atoms with Crippen molar-refractivity contribution >= 4 is 11.9 Å². The molecular weight excluding hydrogens is 254 g/mol. The van der Waals surface area contributed by atoms with Crippen molar-refractivity contribution in [2.75, 3.05) is 0 Å². The summed E-state index contributed by atoms with van der Waals surface area (Å²) in [4.78, 5) is 23.7. The molecule has 4 nitrogen and oxygen atoms in total. The second-order valence-electron chi connectivity index (χ2n) is 7.59. The lowest BCUT2D eigenvalue weighted by molar-refractivity contribution is -0.146. The summed E-state index contributed by atoms with van der Waals surface area (Å²) < 4.78 is 0. The second-order valence-corrected chi connectivity index (χ2v) is 7.59. The van der Waals surface area contributed by atoms with Crippen LogP contribution in [0.4, 0.5) is 0 Å². The highest BCUT2D eigenvalue weighted by Crippen LogP contribution is 2.38. The van der Waals surface area contributed by atoms with Gasteiger partial charge in [-0.1, -0.05) is 27.2 Å². The molecule has 114 valence electrons. The third-order valence-electron chi connectivity index (χ3n) is 5.00. The van der Waals surface area contributed by atoms with Gasteiger partial charge in [0.05, 0.1) is 11.8 Å². The molecule has 0 aromatic carbocycles. The molecule has 0 radical (unpaired) electrons. The third kappa shape index (κ3) is 3.53. The number of amides is 1. The summed E-state index contributed by atoms with van der Waals surface area (Å²) in [5.41, 5.74) is 0.283. The molecule has 2 fully saturated rings. The van der Waals surface area contributed by atoms with Crippen LogP contribution in [0.5, 0.6) is 0 Å². The van der Waals surface area contributed by atoms with Crippen LogP contribution >= 0.6 is 0 Å². The molecule has 2 unspecified atom stereocenters. The van der Waals surface area contributed by atoms with Crippen molar-refractivity contribution in [3.05, 3.63) is 0 Å². The second kappa shape index (κ2) is 5.74. The van der Waals surface area contributed by atoms with E-state index >= 15 is 0 Å². The van der Waals surface area contributed by atoms with Gasteiger partial charge in [-0.15, -0.1) is 0 Å². The van der Waals surface area contributed by atoms with E-state index in [1.54, 1.807) is 0 Å². The van der Waals surface area contributed by atoms with Crippen LogP contribution in [0, 0.1) is 23.2 Å². The number of aliphatic carboxylic acids is 1. The van der Waals surface area contributed by atoms with Crippen LogP contribution in [-0.2, 0) is 9.59 Å². The van der Waals surface area contributed by atoms with E-state index in [-0.39, 0.29) is 23.3 Å². The number of carbonyl (C=O) groups is 2. The van der Waals surface area contributed by atoms with Crippen molar-refractivity contribution in [1.82, 2.24) is 5.32 Å². The van der Waals surface area contributed by atoms with Crippen LogP contribution < -0.4 is 5.32 Å². The molecule has 4 heteroatoms. The first-order chi connectivity index (χ1) is 9.28.